The minimum Gasteiger partial charge on any atom is -0.388 e. The predicted molar refractivity (Wildman–Crippen MR) is 115 cm³/mol. The minimum atomic E-state index is -0.525. The molecular formula is C22H18Cl2N2O4. The second kappa shape index (κ2) is 8.22. The highest BCUT2D eigenvalue weighted by Crippen LogP contribution is 2.39. The lowest BCUT2D eigenvalue weighted by Crippen LogP contribution is -2.34. The van der Waals surface area contributed by atoms with E-state index in [0.717, 1.165) is 28.0 Å². The van der Waals surface area contributed by atoms with Gasteiger partial charge in [-0.25, -0.2) is 9.69 Å². The molecule has 1 atom stereocenters. The number of benzene rings is 2. The van der Waals surface area contributed by atoms with Gasteiger partial charge in [-0.05, 0) is 53.8 Å². The number of hydrogen-bond acceptors (Lipinski definition) is 4. The Kier molecular flexibility index (Phi) is 5.64. The van der Waals surface area contributed by atoms with Crippen molar-refractivity contribution in [2.75, 3.05) is 18.1 Å². The second-order valence-corrected chi connectivity index (χ2v) is 8.11. The van der Waals surface area contributed by atoms with Crippen LogP contribution in [-0.4, -0.2) is 40.9 Å². The maximum Gasteiger partial charge on any atom is 0.332 e. The van der Waals surface area contributed by atoms with Crippen molar-refractivity contribution in [3.8, 4) is 0 Å². The molecule has 1 unspecified atom stereocenters. The van der Waals surface area contributed by atoms with Gasteiger partial charge in [-0.2, -0.15) is 0 Å². The fraction of sp³-hybridized carbons (Fsp3) is 0.227. The summed E-state index contributed by atoms with van der Waals surface area (Å²) < 4.78 is 0. The molecule has 2 aromatic rings. The van der Waals surface area contributed by atoms with Crippen LogP contribution in [0.4, 0.5) is 10.5 Å². The van der Waals surface area contributed by atoms with Crippen LogP contribution in [0.15, 0.2) is 42.5 Å². The standard InChI is InChI=1S/C22H18Cl2N2O4/c23-15-8-16(24)10-17(9-15)26-21(29)11-25(22(26)30)20-6-3-14-7-13(2-5-19(14)20)1-4-18(28)12-27/h1-2,4-5,7-10,20,27H,3,6,11-12H2/b4-1+. The van der Waals surface area contributed by atoms with Gasteiger partial charge in [0.05, 0.1) is 11.7 Å². The summed E-state index contributed by atoms with van der Waals surface area (Å²) in [6.45, 7) is -0.539. The topological polar surface area (TPSA) is 77.9 Å². The van der Waals surface area contributed by atoms with Crippen LogP contribution < -0.4 is 4.90 Å². The molecule has 4 rings (SSSR count). The SMILES string of the molecule is O=C(/C=C/c1ccc2c(c1)CCC2N1CC(=O)N(c2cc(Cl)cc(Cl)c2)C1=O)CO. The van der Waals surface area contributed by atoms with Crippen molar-refractivity contribution in [2.45, 2.75) is 18.9 Å². The van der Waals surface area contributed by atoms with Crippen LogP contribution in [0.3, 0.4) is 0 Å². The van der Waals surface area contributed by atoms with E-state index in [-0.39, 0.29) is 24.3 Å². The zero-order valence-electron chi connectivity index (χ0n) is 15.8. The highest BCUT2D eigenvalue weighted by Gasteiger charge is 2.43. The first kappa shape index (κ1) is 20.6. The first-order valence-electron chi connectivity index (χ1n) is 9.41. The smallest absolute Gasteiger partial charge is 0.332 e. The molecule has 1 N–H and O–H groups in total. The molecule has 3 amide bonds. The van der Waals surface area contributed by atoms with E-state index in [4.69, 9.17) is 28.3 Å². The summed E-state index contributed by atoms with van der Waals surface area (Å²) in [5.41, 5.74) is 3.27. The van der Waals surface area contributed by atoms with E-state index in [0.29, 0.717) is 22.2 Å². The molecule has 1 saturated heterocycles. The molecule has 1 aliphatic heterocycles. The molecule has 1 fully saturated rings. The first-order valence-corrected chi connectivity index (χ1v) is 10.2. The highest BCUT2D eigenvalue weighted by molar-refractivity contribution is 6.35. The Hall–Kier alpha value is -2.67. The minimum absolute atomic E-state index is 0.0142. The number of fused-ring (bicyclic) bond motifs is 1. The van der Waals surface area contributed by atoms with Gasteiger partial charge >= 0.3 is 6.03 Å². The maximum atomic E-state index is 13.1. The molecule has 0 spiro atoms. The summed E-state index contributed by atoms with van der Waals surface area (Å²) in [6, 6.07) is 9.78. The van der Waals surface area contributed by atoms with E-state index in [9.17, 15) is 14.4 Å². The summed E-state index contributed by atoms with van der Waals surface area (Å²) in [5, 5.41) is 9.52. The summed E-state index contributed by atoms with van der Waals surface area (Å²) in [6.07, 6.45) is 4.46. The van der Waals surface area contributed by atoms with Crippen molar-refractivity contribution in [1.29, 1.82) is 0 Å². The zero-order chi connectivity index (χ0) is 21.4. The second-order valence-electron chi connectivity index (χ2n) is 7.24. The normalized spacial score (nSPS) is 18.6. The molecule has 8 heteroatoms. The Balaban J connectivity index is 1.58. The molecule has 6 nitrogen and oxygen atoms in total. The van der Waals surface area contributed by atoms with Gasteiger partial charge in [0.15, 0.2) is 5.78 Å². The molecule has 2 aliphatic rings. The van der Waals surface area contributed by atoms with E-state index in [1.165, 1.54) is 6.08 Å². The number of ketones is 1. The van der Waals surface area contributed by atoms with Gasteiger partial charge in [0, 0.05) is 10.0 Å². The lowest BCUT2D eigenvalue weighted by atomic mass is 10.0. The number of carbonyl (C=O) groups is 3. The Morgan fingerprint density at radius 2 is 1.87 bits per heavy atom. The average molecular weight is 445 g/mol. The molecule has 0 saturated carbocycles. The van der Waals surface area contributed by atoms with Crippen LogP contribution in [0.25, 0.3) is 6.08 Å². The van der Waals surface area contributed by atoms with Gasteiger partial charge in [-0.15, -0.1) is 0 Å². The number of nitrogens with zero attached hydrogens (tertiary/aromatic N) is 2. The van der Waals surface area contributed by atoms with Gasteiger partial charge < -0.3 is 10.0 Å². The van der Waals surface area contributed by atoms with E-state index in [1.807, 2.05) is 18.2 Å². The number of carbonyl (C=O) groups excluding carboxylic acids is 3. The molecule has 154 valence electrons. The number of aliphatic hydroxyl groups excluding tert-OH is 1. The molecule has 2 aromatic carbocycles. The van der Waals surface area contributed by atoms with E-state index in [2.05, 4.69) is 0 Å². The number of halogens is 2. The predicted octanol–water partition coefficient (Wildman–Crippen LogP) is 4.02. The van der Waals surface area contributed by atoms with Gasteiger partial charge in [-0.3, -0.25) is 9.59 Å². The zero-order valence-corrected chi connectivity index (χ0v) is 17.4. The van der Waals surface area contributed by atoms with Crippen LogP contribution in [0, 0.1) is 0 Å². The van der Waals surface area contributed by atoms with E-state index < -0.39 is 12.6 Å². The highest BCUT2D eigenvalue weighted by atomic mass is 35.5. The lowest BCUT2D eigenvalue weighted by Gasteiger charge is -2.24. The van der Waals surface area contributed by atoms with Crippen LogP contribution in [0.1, 0.15) is 29.2 Å². The Morgan fingerprint density at radius 3 is 2.57 bits per heavy atom. The average Bonchev–Trinajstić information content (AvgIpc) is 3.24. The molecule has 0 aromatic heterocycles. The summed E-state index contributed by atoms with van der Waals surface area (Å²) in [7, 11) is 0. The molecule has 1 aliphatic carbocycles. The van der Waals surface area contributed by atoms with Crippen molar-refractivity contribution in [3.63, 3.8) is 0 Å². The number of aliphatic hydroxyl groups is 1. The Bertz CT molecular complexity index is 1060. The molecule has 0 bridgehead atoms. The number of urea groups is 1. The maximum absolute atomic E-state index is 13.1. The van der Waals surface area contributed by atoms with Crippen LogP contribution >= 0.6 is 23.2 Å². The lowest BCUT2D eigenvalue weighted by molar-refractivity contribution is -0.117. The van der Waals surface area contributed by atoms with Gasteiger partial charge in [0.25, 0.3) is 5.91 Å². The van der Waals surface area contributed by atoms with Crippen LogP contribution in [0.2, 0.25) is 10.0 Å². The van der Waals surface area contributed by atoms with Crippen molar-refractivity contribution >= 4 is 52.7 Å². The van der Waals surface area contributed by atoms with Gasteiger partial charge in [0.2, 0.25) is 0 Å². The molecule has 1 heterocycles. The van der Waals surface area contributed by atoms with Crippen LogP contribution in [-0.2, 0) is 16.0 Å². The Labute approximate surface area is 183 Å². The van der Waals surface area contributed by atoms with E-state index in [1.54, 1.807) is 29.2 Å². The van der Waals surface area contributed by atoms with Crippen molar-refractivity contribution in [1.82, 2.24) is 4.90 Å². The van der Waals surface area contributed by atoms with Crippen molar-refractivity contribution in [2.24, 2.45) is 0 Å². The van der Waals surface area contributed by atoms with Crippen molar-refractivity contribution in [3.05, 3.63) is 69.2 Å². The van der Waals surface area contributed by atoms with E-state index >= 15 is 0 Å². The molecular weight excluding hydrogens is 427 g/mol. The summed E-state index contributed by atoms with van der Waals surface area (Å²) in [4.78, 5) is 39.7. The first-order chi connectivity index (χ1) is 14.4. The number of amides is 3. The largest absolute Gasteiger partial charge is 0.388 e. The fourth-order valence-electron chi connectivity index (χ4n) is 3.97. The summed E-state index contributed by atoms with van der Waals surface area (Å²) in [5.74, 6) is -0.690. The van der Waals surface area contributed by atoms with Crippen molar-refractivity contribution < 1.29 is 19.5 Å². The summed E-state index contributed by atoms with van der Waals surface area (Å²) >= 11 is 12.1. The monoisotopic (exact) mass is 444 g/mol. The molecule has 30 heavy (non-hydrogen) atoms. The third-order valence-electron chi connectivity index (χ3n) is 5.30. The Morgan fingerprint density at radius 1 is 1.13 bits per heavy atom. The number of rotatable bonds is 5. The number of anilines is 1. The van der Waals surface area contributed by atoms with Crippen LogP contribution in [0.5, 0.6) is 0 Å². The number of aryl methyl sites for hydroxylation is 1. The third-order valence-corrected chi connectivity index (χ3v) is 5.74. The van der Waals surface area contributed by atoms with Gasteiger partial charge in [0.1, 0.15) is 13.2 Å². The number of imide groups is 1. The third kappa shape index (κ3) is 3.86. The molecule has 0 radical (unpaired) electrons. The fourth-order valence-corrected chi connectivity index (χ4v) is 4.48. The van der Waals surface area contributed by atoms with Gasteiger partial charge in [-0.1, -0.05) is 47.5 Å². The number of hydrogen-bond donors (Lipinski definition) is 1. The quantitative estimate of drug-likeness (QED) is 0.557.